The molecule has 5 nitrogen and oxygen atoms in total. The summed E-state index contributed by atoms with van der Waals surface area (Å²) in [7, 11) is 0. The second-order valence-electron chi connectivity index (χ2n) is 4.85. The Kier molecular flexibility index (Phi) is 5.41. The van der Waals surface area contributed by atoms with E-state index in [0.717, 1.165) is 11.6 Å². The number of anilines is 1. The van der Waals surface area contributed by atoms with Crippen LogP contribution in [0, 0.1) is 17.5 Å². The van der Waals surface area contributed by atoms with Gasteiger partial charge in [-0.3, -0.25) is 9.59 Å². The van der Waals surface area contributed by atoms with Gasteiger partial charge in [-0.05, 0) is 36.2 Å². The van der Waals surface area contributed by atoms with Crippen LogP contribution in [0.25, 0.3) is 0 Å². The lowest BCUT2D eigenvalue weighted by Gasteiger charge is -2.08. The number of carbonyl (C=O) groups is 2. The Hall–Kier alpha value is -3.03. The van der Waals surface area contributed by atoms with Gasteiger partial charge in [0.25, 0.3) is 0 Å². The predicted octanol–water partition coefficient (Wildman–Crippen LogP) is 2.11. The van der Waals surface area contributed by atoms with Gasteiger partial charge in [0, 0.05) is 6.54 Å². The van der Waals surface area contributed by atoms with Crippen molar-refractivity contribution in [2.45, 2.75) is 6.42 Å². The van der Waals surface area contributed by atoms with Crippen LogP contribution in [-0.4, -0.2) is 23.5 Å². The molecule has 0 aliphatic rings. The number of amides is 2. The molecular weight excluding hydrogens is 325 g/mol. The van der Waals surface area contributed by atoms with E-state index in [1.54, 1.807) is 12.1 Å². The predicted molar refractivity (Wildman–Crippen MR) is 79.8 cm³/mol. The lowest BCUT2D eigenvalue weighted by atomic mass is 10.1. The molecule has 0 atom stereocenters. The van der Waals surface area contributed by atoms with Crippen LogP contribution >= 0.6 is 0 Å². The van der Waals surface area contributed by atoms with Gasteiger partial charge in [0.05, 0.1) is 5.69 Å². The van der Waals surface area contributed by atoms with E-state index in [-0.39, 0.29) is 12.3 Å². The quantitative estimate of drug-likeness (QED) is 0.590. The number of hydrogen-bond donors (Lipinski definition) is 3. The molecule has 3 N–H and O–H groups in total. The molecule has 8 heteroatoms. The van der Waals surface area contributed by atoms with E-state index in [1.165, 1.54) is 12.1 Å². The maximum absolute atomic E-state index is 13.4. The highest BCUT2D eigenvalue weighted by Gasteiger charge is 2.18. The van der Waals surface area contributed by atoms with Crippen molar-refractivity contribution < 1.29 is 27.9 Å². The van der Waals surface area contributed by atoms with Crippen molar-refractivity contribution in [2.75, 3.05) is 11.9 Å². The third-order valence-corrected chi connectivity index (χ3v) is 3.13. The van der Waals surface area contributed by atoms with Crippen LogP contribution in [0.5, 0.6) is 5.75 Å². The van der Waals surface area contributed by atoms with E-state index in [9.17, 15) is 22.8 Å². The zero-order chi connectivity index (χ0) is 17.7. The average molecular weight is 338 g/mol. The summed E-state index contributed by atoms with van der Waals surface area (Å²) in [6, 6.07) is 7.72. The molecule has 126 valence electrons. The van der Waals surface area contributed by atoms with E-state index in [4.69, 9.17) is 5.11 Å². The topological polar surface area (TPSA) is 78.4 Å². The number of nitrogens with one attached hydrogen (secondary N) is 2. The molecule has 24 heavy (non-hydrogen) atoms. The standard InChI is InChI=1S/C16H13F3N2O3/c17-11-5-6-12(14(19)13(11)18)21-16(24)15(23)20-8-7-9-1-3-10(22)4-2-9/h1-6,22H,7-8H2,(H,20,23)(H,21,24). The minimum absolute atomic E-state index is 0.107. The normalized spacial score (nSPS) is 10.3. The van der Waals surface area contributed by atoms with E-state index in [0.29, 0.717) is 12.5 Å². The lowest BCUT2D eigenvalue weighted by Crippen LogP contribution is -2.36. The molecule has 2 amide bonds. The molecular formula is C16H13F3N2O3. The summed E-state index contributed by atoms with van der Waals surface area (Å²) in [5.41, 5.74) is 0.188. The van der Waals surface area contributed by atoms with Gasteiger partial charge in [-0.1, -0.05) is 12.1 Å². The van der Waals surface area contributed by atoms with Crippen molar-refractivity contribution in [2.24, 2.45) is 0 Å². The average Bonchev–Trinajstić information content (AvgIpc) is 2.57. The van der Waals surface area contributed by atoms with Crippen LogP contribution in [0.4, 0.5) is 18.9 Å². The fourth-order valence-electron chi connectivity index (χ4n) is 1.86. The Morgan fingerprint density at radius 1 is 0.917 bits per heavy atom. The molecule has 0 aliphatic carbocycles. The van der Waals surface area contributed by atoms with Crippen molar-refractivity contribution in [1.29, 1.82) is 0 Å². The maximum atomic E-state index is 13.4. The van der Waals surface area contributed by atoms with Crippen LogP contribution in [0.1, 0.15) is 5.56 Å². The Bertz CT molecular complexity index is 764. The SMILES string of the molecule is O=C(NCCc1ccc(O)cc1)C(=O)Nc1ccc(F)c(F)c1F. The second-order valence-corrected chi connectivity index (χ2v) is 4.85. The molecule has 0 aliphatic heterocycles. The number of hydrogen-bond acceptors (Lipinski definition) is 3. The third-order valence-electron chi connectivity index (χ3n) is 3.13. The zero-order valence-electron chi connectivity index (χ0n) is 12.3. The van der Waals surface area contributed by atoms with Gasteiger partial charge in [0.2, 0.25) is 0 Å². The third kappa shape index (κ3) is 4.25. The van der Waals surface area contributed by atoms with Gasteiger partial charge in [-0.15, -0.1) is 0 Å². The number of aromatic hydroxyl groups is 1. The number of benzene rings is 2. The zero-order valence-corrected chi connectivity index (χ0v) is 12.3. The van der Waals surface area contributed by atoms with Crippen LogP contribution in [0.3, 0.4) is 0 Å². The molecule has 0 spiro atoms. The summed E-state index contributed by atoms with van der Waals surface area (Å²) < 4.78 is 39.2. The Morgan fingerprint density at radius 2 is 1.58 bits per heavy atom. The largest absolute Gasteiger partial charge is 0.508 e. The van der Waals surface area contributed by atoms with Crippen LogP contribution in [0.15, 0.2) is 36.4 Å². The number of phenolic OH excluding ortho intramolecular Hbond substituents is 1. The van der Waals surface area contributed by atoms with Crippen molar-refractivity contribution in [3.63, 3.8) is 0 Å². The lowest BCUT2D eigenvalue weighted by molar-refractivity contribution is -0.136. The van der Waals surface area contributed by atoms with Gasteiger partial charge < -0.3 is 15.7 Å². The van der Waals surface area contributed by atoms with Gasteiger partial charge in [-0.2, -0.15) is 0 Å². The smallest absolute Gasteiger partial charge is 0.313 e. The molecule has 0 heterocycles. The maximum Gasteiger partial charge on any atom is 0.313 e. The van der Waals surface area contributed by atoms with Crippen molar-refractivity contribution in [3.8, 4) is 5.75 Å². The van der Waals surface area contributed by atoms with Crippen LogP contribution < -0.4 is 10.6 Å². The monoisotopic (exact) mass is 338 g/mol. The van der Waals surface area contributed by atoms with Gasteiger partial charge in [0.1, 0.15) is 5.75 Å². The molecule has 0 fully saturated rings. The molecule has 0 unspecified atom stereocenters. The number of halogens is 3. The Labute approximate surface area is 135 Å². The molecule has 0 saturated carbocycles. The van der Waals surface area contributed by atoms with Gasteiger partial charge in [0.15, 0.2) is 17.5 Å². The summed E-state index contributed by atoms with van der Waals surface area (Å²) in [6.45, 7) is 0.122. The molecule has 2 aromatic rings. The van der Waals surface area contributed by atoms with Crippen molar-refractivity contribution in [3.05, 3.63) is 59.4 Å². The first-order chi connectivity index (χ1) is 11.4. The summed E-state index contributed by atoms with van der Waals surface area (Å²) >= 11 is 0. The molecule has 0 bridgehead atoms. The number of phenols is 1. The second kappa shape index (κ2) is 7.49. The van der Waals surface area contributed by atoms with Crippen molar-refractivity contribution >= 4 is 17.5 Å². The highest BCUT2D eigenvalue weighted by Crippen LogP contribution is 2.19. The van der Waals surface area contributed by atoms with E-state index >= 15 is 0 Å². The highest BCUT2D eigenvalue weighted by molar-refractivity contribution is 6.39. The molecule has 2 aromatic carbocycles. The highest BCUT2D eigenvalue weighted by atomic mass is 19.2. The van der Waals surface area contributed by atoms with Gasteiger partial charge >= 0.3 is 11.8 Å². The minimum Gasteiger partial charge on any atom is -0.508 e. The van der Waals surface area contributed by atoms with E-state index in [1.807, 2.05) is 5.32 Å². The first-order valence-corrected chi connectivity index (χ1v) is 6.89. The Morgan fingerprint density at radius 3 is 2.25 bits per heavy atom. The Balaban J connectivity index is 1.87. The van der Waals surface area contributed by atoms with Crippen LogP contribution in [-0.2, 0) is 16.0 Å². The van der Waals surface area contributed by atoms with Crippen molar-refractivity contribution in [1.82, 2.24) is 5.32 Å². The van der Waals surface area contributed by atoms with Crippen LogP contribution in [0.2, 0.25) is 0 Å². The first kappa shape index (κ1) is 17.3. The fourth-order valence-corrected chi connectivity index (χ4v) is 1.86. The molecule has 0 saturated heterocycles. The summed E-state index contributed by atoms with van der Waals surface area (Å²) in [6.07, 6.45) is 0.402. The van der Waals surface area contributed by atoms with Gasteiger partial charge in [-0.25, -0.2) is 13.2 Å². The first-order valence-electron chi connectivity index (χ1n) is 6.89. The summed E-state index contributed by atoms with van der Waals surface area (Å²) in [5.74, 6) is -6.86. The number of rotatable bonds is 4. The number of carbonyl (C=O) groups excluding carboxylic acids is 2. The molecule has 0 aromatic heterocycles. The molecule has 0 radical (unpaired) electrons. The summed E-state index contributed by atoms with van der Waals surface area (Å²) in [5, 5.41) is 13.3. The summed E-state index contributed by atoms with van der Waals surface area (Å²) in [4.78, 5) is 23.2. The van der Waals surface area contributed by atoms with E-state index < -0.39 is 35.0 Å². The van der Waals surface area contributed by atoms with E-state index in [2.05, 4.69) is 5.32 Å². The fraction of sp³-hybridized carbons (Fsp3) is 0.125. The minimum atomic E-state index is -1.74. The molecule has 2 rings (SSSR count).